The summed E-state index contributed by atoms with van der Waals surface area (Å²) in [7, 11) is 3.96. The highest BCUT2D eigenvalue weighted by molar-refractivity contribution is 5.83. The van der Waals surface area contributed by atoms with Gasteiger partial charge in [0, 0.05) is 48.0 Å². The van der Waals surface area contributed by atoms with Crippen LogP contribution in [0.3, 0.4) is 0 Å². The van der Waals surface area contributed by atoms with E-state index in [0.29, 0.717) is 10.9 Å². The Morgan fingerprint density at radius 3 is 2.33 bits per heavy atom. The number of nitrogens with zero attached hydrogens (tertiary/aromatic N) is 5. The molecule has 0 spiro atoms. The van der Waals surface area contributed by atoms with Gasteiger partial charge in [0.05, 0.1) is 22.7 Å². The summed E-state index contributed by atoms with van der Waals surface area (Å²) < 4.78 is 43.5. The van der Waals surface area contributed by atoms with Gasteiger partial charge in [0.2, 0.25) is 0 Å². The zero-order chi connectivity index (χ0) is 27.9. The Morgan fingerprint density at radius 1 is 0.923 bits per heavy atom. The number of fused-ring (bicyclic) bond motifs is 1. The second kappa shape index (κ2) is 9.90. The molecule has 3 aromatic carbocycles. The lowest BCUT2D eigenvalue weighted by atomic mass is 10.1. The summed E-state index contributed by atoms with van der Waals surface area (Å²) in [5, 5.41) is 4.77. The number of benzene rings is 3. The lowest BCUT2D eigenvalue weighted by Crippen LogP contribution is -2.20. The highest BCUT2D eigenvalue weighted by Crippen LogP contribution is 2.32. The van der Waals surface area contributed by atoms with Crippen LogP contribution in [0.5, 0.6) is 0 Å². The molecule has 0 aliphatic rings. The van der Waals surface area contributed by atoms with E-state index >= 15 is 0 Å². The van der Waals surface area contributed by atoms with Crippen LogP contribution in [0.1, 0.15) is 22.5 Å². The maximum absolute atomic E-state index is 13.5. The molecule has 0 saturated carbocycles. The lowest BCUT2D eigenvalue weighted by molar-refractivity contribution is -0.137. The number of hydrogen-bond donors (Lipinski definition) is 0. The predicted molar refractivity (Wildman–Crippen MR) is 149 cm³/mol. The van der Waals surface area contributed by atoms with E-state index in [2.05, 4.69) is 14.7 Å². The minimum Gasteiger partial charge on any atom is -0.378 e. The number of anilines is 1. The van der Waals surface area contributed by atoms with Crippen molar-refractivity contribution in [3.05, 3.63) is 112 Å². The van der Waals surface area contributed by atoms with Gasteiger partial charge in [0.15, 0.2) is 5.82 Å². The van der Waals surface area contributed by atoms with Gasteiger partial charge in [-0.05, 0) is 68.4 Å². The van der Waals surface area contributed by atoms with Crippen molar-refractivity contribution in [2.24, 2.45) is 5.10 Å². The Kier molecular flexibility index (Phi) is 6.59. The van der Waals surface area contributed by atoms with Crippen LogP contribution in [0.2, 0.25) is 0 Å². The van der Waals surface area contributed by atoms with Crippen molar-refractivity contribution in [2.45, 2.75) is 20.0 Å². The molecule has 0 saturated heterocycles. The molecule has 0 bridgehead atoms. The van der Waals surface area contributed by atoms with Crippen LogP contribution in [-0.4, -0.2) is 34.5 Å². The molecule has 0 amide bonds. The third kappa shape index (κ3) is 4.95. The van der Waals surface area contributed by atoms with Crippen molar-refractivity contribution in [1.82, 2.24) is 14.2 Å². The van der Waals surface area contributed by atoms with E-state index in [9.17, 15) is 18.0 Å². The first-order chi connectivity index (χ1) is 18.5. The molecule has 0 aliphatic heterocycles. The summed E-state index contributed by atoms with van der Waals surface area (Å²) in [6.07, 6.45) is -2.99. The minimum absolute atomic E-state index is 0.0223. The van der Waals surface area contributed by atoms with Gasteiger partial charge >= 0.3 is 6.18 Å². The molecule has 2 aromatic heterocycles. The standard InChI is InChI=1S/C30H26F3N5O/c1-19-16-22(20(2)37(19)25-14-12-24(13-15-25)36(3)4)18-34-38-28(21-8-7-9-23(17-21)30(31,32)33)35-27-11-6-5-10-26(27)29(38)39/h5-18H,1-4H3. The summed E-state index contributed by atoms with van der Waals surface area (Å²) >= 11 is 0. The van der Waals surface area contributed by atoms with Crippen LogP contribution < -0.4 is 10.5 Å². The van der Waals surface area contributed by atoms with Crippen molar-refractivity contribution in [1.29, 1.82) is 0 Å². The molecular weight excluding hydrogens is 503 g/mol. The molecule has 198 valence electrons. The van der Waals surface area contributed by atoms with Gasteiger partial charge in [-0.3, -0.25) is 4.79 Å². The summed E-state index contributed by atoms with van der Waals surface area (Å²) in [4.78, 5) is 20.0. The van der Waals surface area contributed by atoms with E-state index in [4.69, 9.17) is 0 Å². The third-order valence-corrected chi connectivity index (χ3v) is 6.61. The molecule has 0 unspecified atom stereocenters. The largest absolute Gasteiger partial charge is 0.416 e. The maximum Gasteiger partial charge on any atom is 0.416 e. The summed E-state index contributed by atoms with van der Waals surface area (Å²) in [5.74, 6) is 0.0223. The van der Waals surface area contributed by atoms with Gasteiger partial charge in [0.1, 0.15) is 0 Å². The molecule has 5 aromatic rings. The second-order valence-electron chi connectivity index (χ2n) is 9.47. The first-order valence-corrected chi connectivity index (χ1v) is 12.2. The third-order valence-electron chi connectivity index (χ3n) is 6.61. The fraction of sp³-hybridized carbons (Fsp3) is 0.167. The lowest BCUT2D eigenvalue weighted by Gasteiger charge is -2.15. The SMILES string of the molecule is Cc1cc(C=Nn2c(-c3cccc(C(F)(F)F)c3)nc3ccccc3c2=O)c(C)n1-c1ccc(N(C)C)cc1. The Labute approximate surface area is 223 Å². The van der Waals surface area contributed by atoms with E-state index in [-0.39, 0.29) is 11.4 Å². The minimum atomic E-state index is -4.54. The summed E-state index contributed by atoms with van der Waals surface area (Å²) in [6.45, 7) is 3.92. The number of hydrogen-bond acceptors (Lipinski definition) is 4. The fourth-order valence-electron chi connectivity index (χ4n) is 4.59. The first-order valence-electron chi connectivity index (χ1n) is 12.2. The van der Waals surface area contributed by atoms with Crippen molar-refractivity contribution in [3.63, 3.8) is 0 Å². The Balaban J connectivity index is 1.63. The van der Waals surface area contributed by atoms with Gasteiger partial charge < -0.3 is 9.47 Å². The van der Waals surface area contributed by atoms with Crippen LogP contribution in [0.15, 0.2) is 88.8 Å². The second-order valence-corrected chi connectivity index (χ2v) is 9.47. The molecule has 0 N–H and O–H groups in total. The molecule has 0 aliphatic carbocycles. The predicted octanol–water partition coefficient (Wildman–Crippen LogP) is 6.44. The monoisotopic (exact) mass is 529 g/mol. The first kappa shape index (κ1) is 26.0. The molecule has 2 heterocycles. The number of halogens is 3. The quantitative estimate of drug-likeness (QED) is 0.246. The molecule has 39 heavy (non-hydrogen) atoms. The smallest absolute Gasteiger partial charge is 0.378 e. The van der Waals surface area contributed by atoms with Crippen molar-refractivity contribution >= 4 is 22.8 Å². The average molecular weight is 530 g/mol. The van der Waals surface area contributed by atoms with Crippen molar-refractivity contribution < 1.29 is 13.2 Å². The van der Waals surface area contributed by atoms with Gasteiger partial charge in [-0.1, -0.05) is 24.3 Å². The molecule has 5 rings (SSSR count). The fourth-order valence-corrected chi connectivity index (χ4v) is 4.59. The van der Waals surface area contributed by atoms with Crippen LogP contribution >= 0.6 is 0 Å². The normalized spacial score (nSPS) is 12.0. The van der Waals surface area contributed by atoms with Crippen LogP contribution in [0, 0.1) is 13.8 Å². The van der Waals surface area contributed by atoms with Gasteiger partial charge in [-0.2, -0.15) is 22.9 Å². The zero-order valence-corrected chi connectivity index (χ0v) is 21.9. The highest BCUT2D eigenvalue weighted by Gasteiger charge is 2.31. The van der Waals surface area contributed by atoms with E-state index in [1.807, 2.05) is 63.2 Å². The van der Waals surface area contributed by atoms with E-state index in [1.54, 1.807) is 30.5 Å². The van der Waals surface area contributed by atoms with Gasteiger partial charge in [-0.15, -0.1) is 0 Å². The van der Waals surface area contributed by atoms with Crippen LogP contribution in [0.25, 0.3) is 28.0 Å². The topological polar surface area (TPSA) is 55.4 Å². The zero-order valence-electron chi connectivity index (χ0n) is 21.9. The number of aryl methyl sites for hydroxylation is 1. The van der Waals surface area contributed by atoms with Crippen molar-refractivity contribution in [3.8, 4) is 17.1 Å². The number of para-hydroxylation sites is 1. The number of rotatable bonds is 5. The Hall–Kier alpha value is -4.66. The number of alkyl halides is 3. The molecule has 0 atom stereocenters. The maximum atomic E-state index is 13.5. The highest BCUT2D eigenvalue weighted by atomic mass is 19.4. The Morgan fingerprint density at radius 2 is 1.64 bits per heavy atom. The van der Waals surface area contributed by atoms with Gasteiger partial charge in [-0.25, -0.2) is 4.98 Å². The number of aromatic nitrogens is 3. The molecule has 6 nitrogen and oxygen atoms in total. The summed E-state index contributed by atoms with van der Waals surface area (Å²) in [6, 6.07) is 21.5. The van der Waals surface area contributed by atoms with E-state index in [0.717, 1.165) is 45.1 Å². The van der Waals surface area contributed by atoms with Gasteiger partial charge in [0.25, 0.3) is 5.56 Å². The Bertz CT molecular complexity index is 1760. The summed E-state index contributed by atoms with van der Waals surface area (Å²) in [5.41, 5.74) is 3.89. The van der Waals surface area contributed by atoms with Crippen LogP contribution in [-0.2, 0) is 6.18 Å². The van der Waals surface area contributed by atoms with Crippen LogP contribution in [0.4, 0.5) is 18.9 Å². The molecule has 9 heteroatoms. The molecular formula is C30H26F3N5O. The van der Waals surface area contributed by atoms with Crippen molar-refractivity contribution in [2.75, 3.05) is 19.0 Å². The molecule has 0 fully saturated rings. The molecule has 0 radical (unpaired) electrons. The average Bonchev–Trinajstić information content (AvgIpc) is 3.20. The van der Waals surface area contributed by atoms with E-state index < -0.39 is 17.3 Å². The van der Waals surface area contributed by atoms with E-state index in [1.165, 1.54) is 12.1 Å².